The van der Waals surface area contributed by atoms with Crippen molar-refractivity contribution in [3.05, 3.63) is 35.9 Å². The van der Waals surface area contributed by atoms with Crippen LogP contribution in [0.4, 0.5) is 0 Å². The summed E-state index contributed by atoms with van der Waals surface area (Å²) < 4.78 is 6.89. The third-order valence-corrected chi connectivity index (χ3v) is 5.98. The van der Waals surface area contributed by atoms with E-state index in [4.69, 9.17) is 4.74 Å². The van der Waals surface area contributed by atoms with E-state index in [2.05, 4.69) is 14.1 Å². The highest BCUT2D eigenvalue weighted by Gasteiger charge is 2.47. The zero-order valence-electron chi connectivity index (χ0n) is 14.1. The maximum atomic E-state index is 12.5. The van der Waals surface area contributed by atoms with Gasteiger partial charge in [-0.2, -0.15) is 0 Å². The van der Waals surface area contributed by atoms with Crippen LogP contribution in [0.25, 0.3) is 0 Å². The Labute approximate surface area is 138 Å². The van der Waals surface area contributed by atoms with E-state index in [1.165, 1.54) is 19.3 Å². The highest BCUT2D eigenvalue weighted by molar-refractivity contribution is 5.78. The average Bonchev–Trinajstić information content (AvgIpc) is 2.50. The largest absolute Gasteiger partial charge is 0.461 e. The molecule has 1 unspecified atom stereocenters. The Kier molecular flexibility index (Phi) is 4.74. The molecule has 1 aromatic rings. The van der Waals surface area contributed by atoms with E-state index in [1.807, 2.05) is 30.3 Å². The molecule has 0 aromatic heterocycles. The highest BCUT2D eigenvalue weighted by Crippen LogP contribution is 2.39. The lowest BCUT2D eigenvalue weighted by atomic mass is 9.81. The lowest BCUT2D eigenvalue weighted by Gasteiger charge is -2.52. The van der Waals surface area contributed by atoms with Crippen LogP contribution in [0.1, 0.15) is 43.6 Å². The molecule has 0 saturated carbocycles. The summed E-state index contributed by atoms with van der Waals surface area (Å²) in [5.41, 5.74) is 0.826. The predicted octanol–water partition coefficient (Wildman–Crippen LogP) is 2.47. The van der Waals surface area contributed by atoms with Gasteiger partial charge in [0.1, 0.15) is 12.0 Å². The van der Waals surface area contributed by atoms with Gasteiger partial charge in [-0.05, 0) is 24.8 Å². The Bertz CT molecular complexity index is 527. The summed E-state index contributed by atoms with van der Waals surface area (Å²) in [6, 6.07) is 10.6. The summed E-state index contributed by atoms with van der Waals surface area (Å²) in [4.78, 5) is 12.5. The number of aliphatic hydroxyl groups is 1. The number of hydrogen-bond donors (Lipinski definition) is 1. The number of carbonyl (C=O) groups excluding carboxylic acids is 1. The highest BCUT2D eigenvalue weighted by atomic mass is 16.5. The van der Waals surface area contributed by atoms with Gasteiger partial charge in [0.2, 0.25) is 0 Å². The lowest BCUT2D eigenvalue weighted by molar-refractivity contribution is -0.950. The fraction of sp³-hybridized carbons (Fsp3) is 0.632. The summed E-state index contributed by atoms with van der Waals surface area (Å²) in [6.45, 7) is -0.204. The molecule has 2 heterocycles. The molecule has 2 aliphatic rings. The maximum absolute atomic E-state index is 12.5. The summed E-state index contributed by atoms with van der Waals surface area (Å²) in [5.74, 6) is -0.852. The van der Waals surface area contributed by atoms with Crippen molar-refractivity contribution >= 4 is 5.97 Å². The van der Waals surface area contributed by atoms with Crippen LogP contribution in [-0.2, 0) is 9.53 Å². The second kappa shape index (κ2) is 6.62. The Morgan fingerprint density at radius 3 is 2.39 bits per heavy atom. The van der Waals surface area contributed by atoms with E-state index in [-0.39, 0.29) is 18.7 Å². The second-order valence-corrected chi connectivity index (χ2v) is 7.54. The van der Waals surface area contributed by atoms with Crippen molar-refractivity contribution in [2.45, 2.75) is 56.2 Å². The number of ether oxygens (including phenoxy) is 1. The Morgan fingerprint density at radius 2 is 1.83 bits per heavy atom. The Hall–Kier alpha value is -1.39. The van der Waals surface area contributed by atoms with Gasteiger partial charge in [-0.25, -0.2) is 0 Å². The first-order valence-corrected chi connectivity index (χ1v) is 8.72. The molecule has 0 amide bonds. The molecule has 4 heteroatoms. The van der Waals surface area contributed by atoms with Gasteiger partial charge in [0, 0.05) is 12.8 Å². The molecule has 23 heavy (non-hydrogen) atoms. The minimum absolute atomic E-state index is 0.00159. The van der Waals surface area contributed by atoms with Crippen LogP contribution in [0, 0.1) is 0 Å². The molecule has 2 bridgehead atoms. The molecule has 0 spiro atoms. The van der Waals surface area contributed by atoms with Gasteiger partial charge in [0.25, 0.3) is 0 Å². The summed E-state index contributed by atoms with van der Waals surface area (Å²) in [5, 5.41) is 9.62. The van der Waals surface area contributed by atoms with Gasteiger partial charge in [-0.3, -0.25) is 4.79 Å². The number of rotatable bonds is 4. The van der Waals surface area contributed by atoms with E-state index in [0.29, 0.717) is 12.1 Å². The van der Waals surface area contributed by atoms with Crippen LogP contribution >= 0.6 is 0 Å². The SMILES string of the molecule is C[N+]1(C)[C@@H]2CCC[C@H]1CC(OC(=O)[C@H](CO)c1ccccc1)C2. The van der Waals surface area contributed by atoms with Crippen LogP contribution in [-0.4, -0.2) is 54.4 Å². The van der Waals surface area contributed by atoms with Crippen molar-refractivity contribution < 1.29 is 19.1 Å². The summed E-state index contributed by atoms with van der Waals surface area (Å²) >= 11 is 0. The molecule has 2 saturated heterocycles. The number of carbonyl (C=O) groups is 1. The predicted molar refractivity (Wildman–Crippen MR) is 88.9 cm³/mol. The molecule has 0 aliphatic carbocycles. The van der Waals surface area contributed by atoms with Gasteiger partial charge in [-0.1, -0.05) is 30.3 Å². The van der Waals surface area contributed by atoms with Crippen LogP contribution in [0.2, 0.25) is 0 Å². The van der Waals surface area contributed by atoms with E-state index < -0.39 is 5.92 Å². The Balaban J connectivity index is 1.66. The van der Waals surface area contributed by atoms with Crippen molar-refractivity contribution in [2.75, 3.05) is 20.7 Å². The molecule has 2 aliphatic heterocycles. The molecule has 1 N–H and O–H groups in total. The molecular formula is C19H28NO3+. The number of piperidine rings is 2. The Morgan fingerprint density at radius 1 is 1.22 bits per heavy atom. The molecule has 4 nitrogen and oxygen atoms in total. The maximum Gasteiger partial charge on any atom is 0.316 e. The quantitative estimate of drug-likeness (QED) is 0.685. The molecule has 3 rings (SSSR count). The molecule has 126 valence electrons. The third-order valence-electron chi connectivity index (χ3n) is 5.98. The van der Waals surface area contributed by atoms with Crippen LogP contribution in [0.3, 0.4) is 0 Å². The minimum Gasteiger partial charge on any atom is -0.461 e. The zero-order valence-corrected chi connectivity index (χ0v) is 14.1. The van der Waals surface area contributed by atoms with Crippen molar-refractivity contribution in [3.63, 3.8) is 0 Å². The summed E-state index contributed by atoms with van der Waals surface area (Å²) in [7, 11) is 4.63. The fourth-order valence-electron chi connectivity index (χ4n) is 4.38. The first-order valence-electron chi connectivity index (χ1n) is 8.72. The van der Waals surface area contributed by atoms with E-state index in [1.54, 1.807) is 0 Å². The first kappa shape index (κ1) is 16.5. The summed E-state index contributed by atoms with van der Waals surface area (Å²) in [6.07, 6.45) is 5.63. The van der Waals surface area contributed by atoms with Crippen molar-refractivity contribution in [1.29, 1.82) is 0 Å². The number of hydrogen-bond acceptors (Lipinski definition) is 3. The van der Waals surface area contributed by atoms with Gasteiger partial charge < -0.3 is 14.3 Å². The number of nitrogens with zero attached hydrogens (tertiary/aromatic N) is 1. The fourth-order valence-corrected chi connectivity index (χ4v) is 4.38. The minimum atomic E-state index is -0.569. The molecule has 0 radical (unpaired) electrons. The van der Waals surface area contributed by atoms with Crippen LogP contribution in [0.15, 0.2) is 30.3 Å². The van der Waals surface area contributed by atoms with Crippen LogP contribution in [0.5, 0.6) is 0 Å². The van der Waals surface area contributed by atoms with Crippen LogP contribution < -0.4 is 0 Å². The topological polar surface area (TPSA) is 46.5 Å². The van der Waals surface area contributed by atoms with Crippen molar-refractivity contribution in [1.82, 2.24) is 0 Å². The normalized spacial score (nSPS) is 30.5. The molecular weight excluding hydrogens is 290 g/mol. The number of fused-ring (bicyclic) bond motifs is 2. The standard InChI is InChI=1S/C19H28NO3/c1-20(2)15-9-6-10-16(20)12-17(11-15)23-19(22)18(13-21)14-7-4-3-5-8-14/h3-5,7-8,15-18,21H,6,9-13H2,1-2H3/q+1/t15-,16+,17?,18-/m1/s1. The van der Waals surface area contributed by atoms with E-state index in [9.17, 15) is 9.90 Å². The third kappa shape index (κ3) is 3.29. The number of aliphatic hydroxyl groups excluding tert-OH is 1. The number of esters is 1. The lowest BCUT2D eigenvalue weighted by Crippen LogP contribution is -2.63. The van der Waals surface area contributed by atoms with Crippen molar-refractivity contribution in [3.8, 4) is 0 Å². The van der Waals surface area contributed by atoms with Gasteiger partial charge >= 0.3 is 5.97 Å². The average molecular weight is 318 g/mol. The van der Waals surface area contributed by atoms with Gasteiger partial charge in [0.15, 0.2) is 0 Å². The smallest absolute Gasteiger partial charge is 0.316 e. The van der Waals surface area contributed by atoms with Crippen molar-refractivity contribution in [2.24, 2.45) is 0 Å². The zero-order chi connectivity index (χ0) is 16.4. The molecule has 1 aromatic carbocycles. The van der Waals surface area contributed by atoms with E-state index >= 15 is 0 Å². The first-order chi connectivity index (χ1) is 11.0. The van der Waals surface area contributed by atoms with E-state index in [0.717, 1.165) is 22.9 Å². The second-order valence-electron chi connectivity index (χ2n) is 7.54. The van der Waals surface area contributed by atoms with Gasteiger partial charge in [0.05, 0.1) is 32.8 Å². The van der Waals surface area contributed by atoms with Gasteiger partial charge in [-0.15, -0.1) is 0 Å². The molecule has 4 atom stereocenters. The molecule has 2 fully saturated rings. The monoisotopic (exact) mass is 318 g/mol. The number of quaternary nitrogens is 1. The number of benzene rings is 1.